The first kappa shape index (κ1) is 19.9. The molecule has 3 aromatic rings. The van der Waals surface area contributed by atoms with Gasteiger partial charge in [0.15, 0.2) is 11.9 Å². The number of nitro benzene ring substituents is 1. The number of non-ortho nitro benzene ring substituents is 1. The molecule has 0 bridgehead atoms. The molecule has 0 aliphatic carbocycles. The number of esters is 1. The van der Waals surface area contributed by atoms with Gasteiger partial charge < -0.3 is 14.1 Å². The summed E-state index contributed by atoms with van der Waals surface area (Å²) >= 11 is 0. The number of benzene rings is 1. The van der Waals surface area contributed by atoms with Crippen LogP contribution in [0.4, 0.5) is 5.69 Å². The average molecular weight is 398 g/mol. The maximum absolute atomic E-state index is 12.5. The van der Waals surface area contributed by atoms with Crippen molar-refractivity contribution in [3.8, 4) is 11.5 Å². The average Bonchev–Trinajstić information content (AvgIpc) is 3.26. The molecular weight excluding hydrogens is 380 g/mol. The van der Waals surface area contributed by atoms with Crippen molar-refractivity contribution in [1.29, 1.82) is 0 Å². The molecule has 2 heterocycles. The summed E-state index contributed by atoms with van der Waals surface area (Å²) in [5.74, 6) is -0.586. The number of nitrogens with one attached hydrogen (secondary N) is 1. The van der Waals surface area contributed by atoms with Gasteiger partial charge in [-0.3, -0.25) is 14.9 Å². The molecule has 0 spiro atoms. The first-order valence-corrected chi connectivity index (χ1v) is 8.68. The van der Waals surface area contributed by atoms with E-state index in [1.165, 1.54) is 31.2 Å². The van der Waals surface area contributed by atoms with Crippen molar-refractivity contribution in [3.63, 3.8) is 0 Å². The molecule has 0 saturated carbocycles. The van der Waals surface area contributed by atoms with Gasteiger partial charge in [-0.05, 0) is 45.4 Å². The number of nitro groups is 1. The highest BCUT2D eigenvalue weighted by molar-refractivity contribution is 6.01. The molecule has 3 rings (SSSR count). The summed E-state index contributed by atoms with van der Waals surface area (Å²) in [6.45, 7) is 6.38. The van der Waals surface area contributed by atoms with Crippen LogP contribution in [0.3, 0.4) is 0 Å². The lowest BCUT2D eigenvalue weighted by Gasteiger charge is -2.09. The summed E-state index contributed by atoms with van der Waals surface area (Å²) in [5, 5.41) is 18.5. The molecule has 0 saturated heterocycles. The molecule has 10 nitrogen and oxygen atoms in total. The van der Waals surface area contributed by atoms with Crippen molar-refractivity contribution < 1.29 is 23.7 Å². The summed E-state index contributed by atoms with van der Waals surface area (Å²) in [5.41, 5.74) is 2.20. The molecule has 0 aliphatic heterocycles. The van der Waals surface area contributed by atoms with Gasteiger partial charge in [0.1, 0.15) is 5.69 Å². The Labute approximate surface area is 165 Å². The standard InChI is InChI=1S/C19H18N4O6/c1-9-15(11(3)24)10(2)20-16(9)19(25)28-12(4)17-21-22-18(29-17)13-5-7-14(8-6-13)23(26)27/h5-8,12,20H,1-4H3/t12-/m1/s1. The van der Waals surface area contributed by atoms with Crippen molar-refractivity contribution >= 4 is 17.4 Å². The molecule has 10 heteroatoms. The van der Waals surface area contributed by atoms with Crippen molar-refractivity contribution in [2.24, 2.45) is 0 Å². The molecule has 1 N–H and O–H groups in total. The Balaban J connectivity index is 1.76. The number of carbonyl (C=O) groups excluding carboxylic acids is 2. The molecule has 1 aromatic carbocycles. The largest absolute Gasteiger partial charge is 0.448 e. The third-order valence-electron chi connectivity index (χ3n) is 4.39. The molecule has 0 radical (unpaired) electrons. The van der Waals surface area contributed by atoms with Crippen LogP contribution in [-0.4, -0.2) is 31.9 Å². The predicted octanol–water partition coefficient (Wildman–Crippen LogP) is 3.71. The van der Waals surface area contributed by atoms with Gasteiger partial charge in [0, 0.05) is 29.0 Å². The van der Waals surface area contributed by atoms with Gasteiger partial charge in [0.05, 0.1) is 4.92 Å². The van der Waals surface area contributed by atoms with E-state index in [0.717, 1.165) is 0 Å². The second kappa shape index (κ2) is 7.66. The lowest BCUT2D eigenvalue weighted by molar-refractivity contribution is -0.384. The zero-order valence-electron chi connectivity index (χ0n) is 16.2. The number of ether oxygens (including phenoxy) is 1. The summed E-state index contributed by atoms with van der Waals surface area (Å²) in [6, 6.07) is 5.62. The molecule has 150 valence electrons. The normalized spacial score (nSPS) is 11.9. The zero-order valence-corrected chi connectivity index (χ0v) is 16.2. The Hall–Kier alpha value is -3.82. The first-order chi connectivity index (χ1) is 13.7. The molecule has 0 amide bonds. The minimum absolute atomic E-state index is 0.0580. The quantitative estimate of drug-likeness (QED) is 0.287. The summed E-state index contributed by atoms with van der Waals surface area (Å²) in [7, 11) is 0. The second-order valence-electron chi connectivity index (χ2n) is 6.48. The number of hydrogen-bond acceptors (Lipinski definition) is 8. The Morgan fingerprint density at radius 2 is 1.86 bits per heavy atom. The van der Waals surface area contributed by atoms with Gasteiger partial charge in [-0.15, -0.1) is 10.2 Å². The first-order valence-electron chi connectivity index (χ1n) is 8.68. The van der Waals surface area contributed by atoms with Crippen LogP contribution in [-0.2, 0) is 4.74 Å². The number of carbonyl (C=O) groups is 2. The molecule has 29 heavy (non-hydrogen) atoms. The fourth-order valence-corrected chi connectivity index (χ4v) is 2.99. The SMILES string of the molecule is CC(=O)c1c(C)[nH]c(C(=O)O[C@H](C)c2nnc(-c3ccc([N+](=O)[O-])cc3)o2)c1C. The van der Waals surface area contributed by atoms with E-state index in [0.29, 0.717) is 22.4 Å². The predicted molar refractivity (Wildman–Crippen MR) is 100 cm³/mol. The molecule has 2 aromatic heterocycles. The third-order valence-corrected chi connectivity index (χ3v) is 4.39. The van der Waals surface area contributed by atoms with Gasteiger partial charge >= 0.3 is 5.97 Å². The van der Waals surface area contributed by atoms with E-state index in [4.69, 9.17) is 9.15 Å². The molecule has 0 fully saturated rings. The number of hydrogen-bond donors (Lipinski definition) is 1. The van der Waals surface area contributed by atoms with Crippen LogP contribution in [0, 0.1) is 24.0 Å². The highest BCUT2D eigenvalue weighted by Gasteiger charge is 2.25. The molecule has 1 atom stereocenters. The monoisotopic (exact) mass is 398 g/mol. The number of aryl methyl sites for hydroxylation is 1. The maximum atomic E-state index is 12.5. The van der Waals surface area contributed by atoms with Crippen LogP contribution in [0.25, 0.3) is 11.5 Å². The van der Waals surface area contributed by atoms with Crippen LogP contribution in [0.5, 0.6) is 0 Å². The highest BCUT2D eigenvalue weighted by Crippen LogP contribution is 2.26. The van der Waals surface area contributed by atoms with E-state index in [9.17, 15) is 19.7 Å². The third kappa shape index (κ3) is 3.91. The highest BCUT2D eigenvalue weighted by atomic mass is 16.6. The number of rotatable bonds is 6. The molecule has 0 aliphatic rings. The van der Waals surface area contributed by atoms with E-state index < -0.39 is 17.0 Å². The van der Waals surface area contributed by atoms with E-state index >= 15 is 0 Å². The fourth-order valence-electron chi connectivity index (χ4n) is 2.99. The maximum Gasteiger partial charge on any atom is 0.355 e. The number of nitrogens with zero attached hydrogens (tertiary/aromatic N) is 3. The van der Waals surface area contributed by atoms with Crippen molar-refractivity contribution in [2.45, 2.75) is 33.8 Å². The molecule has 0 unspecified atom stereocenters. The lowest BCUT2D eigenvalue weighted by atomic mass is 10.1. The van der Waals surface area contributed by atoms with Crippen LogP contribution in [0.1, 0.15) is 57.9 Å². The second-order valence-corrected chi connectivity index (χ2v) is 6.48. The molecular formula is C19H18N4O6. The van der Waals surface area contributed by atoms with E-state index in [2.05, 4.69) is 15.2 Å². The summed E-state index contributed by atoms with van der Waals surface area (Å²) < 4.78 is 10.9. The van der Waals surface area contributed by atoms with Crippen LogP contribution in [0.2, 0.25) is 0 Å². The van der Waals surface area contributed by atoms with Gasteiger partial charge in [0.2, 0.25) is 5.89 Å². The topological polar surface area (TPSA) is 141 Å². The van der Waals surface area contributed by atoms with Crippen LogP contribution in [0.15, 0.2) is 28.7 Å². The fraction of sp³-hybridized carbons (Fsp3) is 0.263. The number of aromatic amines is 1. The minimum atomic E-state index is -0.842. The number of Topliss-reactive ketones (excluding diaryl/α,β-unsaturated/α-hetero) is 1. The van der Waals surface area contributed by atoms with E-state index in [1.807, 2.05) is 0 Å². The van der Waals surface area contributed by atoms with Gasteiger partial charge in [-0.1, -0.05) is 0 Å². The number of ketones is 1. The lowest BCUT2D eigenvalue weighted by Crippen LogP contribution is -2.11. The van der Waals surface area contributed by atoms with Gasteiger partial charge in [-0.25, -0.2) is 4.79 Å². The smallest absolute Gasteiger partial charge is 0.355 e. The van der Waals surface area contributed by atoms with Crippen molar-refractivity contribution in [1.82, 2.24) is 15.2 Å². The Bertz CT molecular complexity index is 1100. The van der Waals surface area contributed by atoms with Gasteiger partial charge in [-0.2, -0.15) is 0 Å². The van der Waals surface area contributed by atoms with Crippen LogP contribution < -0.4 is 0 Å². The number of H-pyrrole nitrogens is 1. The number of aromatic nitrogens is 3. The summed E-state index contributed by atoms with van der Waals surface area (Å²) in [4.78, 5) is 37.3. The Morgan fingerprint density at radius 1 is 1.21 bits per heavy atom. The Morgan fingerprint density at radius 3 is 2.41 bits per heavy atom. The summed E-state index contributed by atoms with van der Waals surface area (Å²) in [6.07, 6.45) is -0.842. The van der Waals surface area contributed by atoms with Gasteiger partial charge in [0.25, 0.3) is 11.6 Å². The van der Waals surface area contributed by atoms with Crippen molar-refractivity contribution in [2.75, 3.05) is 0 Å². The van der Waals surface area contributed by atoms with E-state index in [1.54, 1.807) is 20.8 Å². The minimum Gasteiger partial charge on any atom is -0.448 e. The van der Waals surface area contributed by atoms with Crippen molar-refractivity contribution in [3.05, 3.63) is 62.8 Å². The van der Waals surface area contributed by atoms with E-state index in [-0.39, 0.29) is 28.9 Å². The van der Waals surface area contributed by atoms with Crippen LogP contribution >= 0.6 is 0 Å². The Kier molecular flexibility index (Phi) is 5.26. The zero-order chi connectivity index (χ0) is 21.3.